The van der Waals surface area contributed by atoms with Crippen molar-refractivity contribution in [2.24, 2.45) is 0 Å². The van der Waals surface area contributed by atoms with Crippen LogP contribution in [0.5, 0.6) is 0 Å². The van der Waals surface area contributed by atoms with Crippen LogP contribution in [0, 0.1) is 6.92 Å². The smallest absolute Gasteiger partial charge is 0.224 e. The van der Waals surface area contributed by atoms with Crippen LogP contribution in [0.1, 0.15) is 10.6 Å². The van der Waals surface area contributed by atoms with Gasteiger partial charge < -0.3 is 4.90 Å². The first-order chi connectivity index (χ1) is 8.04. The summed E-state index contributed by atoms with van der Waals surface area (Å²) in [6.07, 6.45) is 0. The van der Waals surface area contributed by atoms with Gasteiger partial charge in [0, 0.05) is 33.5 Å². The summed E-state index contributed by atoms with van der Waals surface area (Å²) in [5, 5.41) is 2.36. The number of hydrogen-bond acceptors (Lipinski definition) is 4. The molecule has 90 valence electrons. The third-order valence-corrected chi connectivity index (χ3v) is 4.07. The second-order valence-corrected chi connectivity index (χ2v) is 5.97. The summed E-state index contributed by atoms with van der Waals surface area (Å²) in [4.78, 5) is 11.6. The van der Waals surface area contributed by atoms with Crippen LogP contribution in [0.15, 0.2) is 22.0 Å². The highest BCUT2D eigenvalue weighted by molar-refractivity contribution is 9.10. The first-order valence-electron chi connectivity index (χ1n) is 5.00. The Morgan fingerprint density at radius 2 is 2.18 bits per heavy atom. The third kappa shape index (κ3) is 3.40. The minimum atomic E-state index is 0.291. The highest BCUT2D eigenvalue weighted by Gasteiger charge is 2.07. The molecule has 0 unspecified atom stereocenters. The third-order valence-electron chi connectivity index (χ3n) is 2.22. The summed E-state index contributed by atoms with van der Waals surface area (Å²) in [5.74, 6) is 0.840. The molecule has 0 fully saturated rings. The lowest BCUT2D eigenvalue weighted by Gasteiger charge is -2.17. The van der Waals surface area contributed by atoms with Crippen LogP contribution in [-0.2, 0) is 6.54 Å². The van der Waals surface area contributed by atoms with E-state index in [0.29, 0.717) is 5.28 Å². The van der Waals surface area contributed by atoms with Crippen LogP contribution in [0.4, 0.5) is 5.82 Å². The summed E-state index contributed by atoms with van der Waals surface area (Å²) >= 11 is 11.0. The maximum absolute atomic E-state index is 5.85. The van der Waals surface area contributed by atoms with Gasteiger partial charge in [0.1, 0.15) is 5.82 Å². The molecule has 6 heteroatoms. The van der Waals surface area contributed by atoms with Gasteiger partial charge in [0.25, 0.3) is 0 Å². The van der Waals surface area contributed by atoms with E-state index in [1.807, 2.05) is 20.0 Å². The maximum Gasteiger partial charge on any atom is 0.224 e. The van der Waals surface area contributed by atoms with E-state index in [0.717, 1.165) is 22.5 Å². The normalized spacial score (nSPS) is 10.6. The minimum Gasteiger partial charge on any atom is -0.354 e. The maximum atomic E-state index is 5.85. The molecule has 0 saturated carbocycles. The van der Waals surface area contributed by atoms with Gasteiger partial charge in [-0.2, -0.15) is 0 Å². The topological polar surface area (TPSA) is 29.0 Å². The summed E-state index contributed by atoms with van der Waals surface area (Å²) in [6.45, 7) is 2.72. The molecule has 0 saturated heterocycles. The predicted octanol–water partition coefficient (Wildman–Crippen LogP) is 3.90. The van der Waals surface area contributed by atoms with E-state index >= 15 is 0 Å². The Bertz CT molecular complexity index is 509. The van der Waals surface area contributed by atoms with E-state index in [9.17, 15) is 0 Å². The van der Waals surface area contributed by atoms with E-state index in [2.05, 4.69) is 42.2 Å². The lowest BCUT2D eigenvalue weighted by molar-refractivity contribution is 0.899. The van der Waals surface area contributed by atoms with Gasteiger partial charge in [-0.15, -0.1) is 11.3 Å². The van der Waals surface area contributed by atoms with E-state index < -0.39 is 0 Å². The molecule has 0 aliphatic carbocycles. The Morgan fingerprint density at radius 1 is 1.41 bits per heavy atom. The Hall–Kier alpha value is -0.650. The van der Waals surface area contributed by atoms with Gasteiger partial charge >= 0.3 is 0 Å². The van der Waals surface area contributed by atoms with Gasteiger partial charge in [0.2, 0.25) is 5.28 Å². The summed E-state index contributed by atoms with van der Waals surface area (Å²) in [6, 6.07) is 4.03. The average Bonchev–Trinajstić information content (AvgIpc) is 2.62. The van der Waals surface area contributed by atoms with Crippen molar-refractivity contribution in [3.63, 3.8) is 0 Å². The second kappa shape index (κ2) is 5.33. The van der Waals surface area contributed by atoms with Gasteiger partial charge in [-0.05, 0) is 40.5 Å². The molecule has 0 aliphatic heterocycles. The molecule has 0 spiro atoms. The molecule has 0 atom stereocenters. The number of rotatable bonds is 3. The van der Waals surface area contributed by atoms with E-state index in [4.69, 9.17) is 11.6 Å². The first-order valence-corrected chi connectivity index (χ1v) is 7.05. The number of thiophene rings is 1. The highest BCUT2D eigenvalue weighted by atomic mass is 79.9. The molecule has 2 aromatic heterocycles. The Labute approximate surface area is 118 Å². The van der Waals surface area contributed by atoms with Gasteiger partial charge in [-0.25, -0.2) is 9.97 Å². The van der Waals surface area contributed by atoms with E-state index in [-0.39, 0.29) is 0 Å². The van der Waals surface area contributed by atoms with Crippen LogP contribution in [-0.4, -0.2) is 17.0 Å². The molecule has 0 amide bonds. The second-order valence-electron chi connectivity index (χ2n) is 3.72. The van der Waals surface area contributed by atoms with Crippen molar-refractivity contribution in [1.29, 1.82) is 0 Å². The lowest BCUT2D eigenvalue weighted by Crippen LogP contribution is -2.17. The molecule has 2 rings (SSSR count). The fraction of sp³-hybridized carbons (Fsp3) is 0.273. The van der Waals surface area contributed by atoms with Crippen molar-refractivity contribution in [2.45, 2.75) is 13.5 Å². The molecule has 0 aliphatic rings. The quantitative estimate of drug-likeness (QED) is 0.798. The van der Waals surface area contributed by atoms with Crippen molar-refractivity contribution < 1.29 is 0 Å². The van der Waals surface area contributed by atoms with Crippen molar-refractivity contribution in [2.75, 3.05) is 11.9 Å². The van der Waals surface area contributed by atoms with Gasteiger partial charge in [-0.3, -0.25) is 0 Å². The largest absolute Gasteiger partial charge is 0.354 e. The zero-order valence-corrected chi connectivity index (χ0v) is 12.6. The summed E-state index contributed by atoms with van der Waals surface area (Å²) < 4.78 is 1.11. The zero-order chi connectivity index (χ0) is 12.4. The number of aromatic nitrogens is 2. The lowest BCUT2D eigenvalue weighted by atomic mass is 10.4. The molecule has 0 N–H and O–H groups in total. The number of hydrogen-bond donors (Lipinski definition) is 0. The van der Waals surface area contributed by atoms with Crippen molar-refractivity contribution >= 4 is 44.7 Å². The van der Waals surface area contributed by atoms with Crippen LogP contribution in [0.3, 0.4) is 0 Å². The van der Waals surface area contributed by atoms with Crippen LogP contribution in [0.25, 0.3) is 0 Å². The fourth-order valence-electron chi connectivity index (χ4n) is 1.46. The standard InChI is InChI=1S/C11H11BrClN3S/c1-7-3-10(15-11(13)14-7)16(2)5-9-4-8(12)6-17-9/h3-4,6H,5H2,1-2H3. The molecule has 0 bridgehead atoms. The highest BCUT2D eigenvalue weighted by Crippen LogP contribution is 2.23. The van der Waals surface area contributed by atoms with Crippen LogP contribution < -0.4 is 4.90 Å². The van der Waals surface area contributed by atoms with Crippen molar-refractivity contribution in [3.05, 3.63) is 37.8 Å². The Kier molecular flexibility index (Phi) is 4.01. The number of nitrogens with zero attached hydrogens (tertiary/aromatic N) is 3. The molecular formula is C11H11BrClN3S. The fourth-order valence-corrected chi connectivity index (χ4v) is 3.19. The molecule has 2 heterocycles. The SMILES string of the molecule is Cc1cc(N(C)Cc2cc(Br)cs2)nc(Cl)n1. The molecular weight excluding hydrogens is 322 g/mol. The van der Waals surface area contributed by atoms with Crippen molar-refractivity contribution in [1.82, 2.24) is 9.97 Å². The summed E-state index contributed by atoms with van der Waals surface area (Å²) in [5.41, 5.74) is 0.874. The van der Waals surface area contributed by atoms with Crippen LogP contribution >= 0.6 is 38.9 Å². The monoisotopic (exact) mass is 331 g/mol. The van der Waals surface area contributed by atoms with E-state index in [1.165, 1.54) is 4.88 Å². The minimum absolute atomic E-state index is 0.291. The van der Waals surface area contributed by atoms with Crippen molar-refractivity contribution in [3.8, 4) is 0 Å². The van der Waals surface area contributed by atoms with Gasteiger partial charge in [0.15, 0.2) is 0 Å². The van der Waals surface area contributed by atoms with Gasteiger partial charge in [-0.1, -0.05) is 0 Å². The average molecular weight is 333 g/mol. The molecule has 0 radical (unpaired) electrons. The molecule has 3 nitrogen and oxygen atoms in total. The Morgan fingerprint density at radius 3 is 2.76 bits per heavy atom. The molecule has 2 aromatic rings. The number of anilines is 1. The number of halogens is 2. The predicted molar refractivity (Wildman–Crippen MR) is 75.9 cm³/mol. The molecule has 0 aromatic carbocycles. The van der Waals surface area contributed by atoms with E-state index in [1.54, 1.807) is 11.3 Å². The summed E-state index contributed by atoms with van der Waals surface area (Å²) in [7, 11) is 1.99. The molecule has 17 heavy (non-hydrogen) atoms. The van der Waals surface area contributed by atoms with Gasteiger partial charge in [0.05, 0.1) is 6.54 Å². The zero-order valence-electron chi connectivity index (χ0n) is 9.44. The Balaban J connectivity index is 2.16. The first kappa shape index (κ1) is 12.8. The van der Waals surface area contributed by atoms with Crippen LogP contribution in [0.2, 0.25) is 5.28 Å². The number of aryl methyl sites for hydroxylation is 1.